The molecule has 0 bridgehead atoms. The van der Waals surface area contributed by atoms with Crippen LogP contribution in [0.5, 0.6) is 0 Å². The highest BCUT2D eigenvalue weighted by Crippen LogP contribution is 2.38. The molecule has 2 fully saturated rings. The highest BCUT2D eigenvalue weighted by Gasteiger charge is 2.47. The molecular weight excluding hydrogens is 484 g/mol. The molecule has 3 N–H and O–H groups in total. The van der Waals surface area contributed by atoms with Gasteiger partial charge in [-0.3, -0.25) is 9.59 Å². The van der Waals surface area contributed by atoms with Crippen LogP contribution >= 0.6 is 0 Å². The quantitative estimate of drug-likeness (QED) is 0.487. The van der Waals surface area contributed by atoms with Crippen LogP contribution in [-0.4, -0.2) is 51.8 Å². The molecule has 1 heterocycles. The van der Waals surface area contributed by atoms with E-state index in [1.807, 2.05) is 32.9 Å². The van der Waals surface area contributed by atoms with Crippen LogP contribution in [0.25, 0.3) is 0 Å². The van der Waals surface area contributed by atoms with E-state index in [2.05, 4.69) is 17.4 Å². The summed E-state index contributed by atoms with van der Waals surface area (Å²) in [6.07, 6.45) is 1.39. The number of carbonyl (C=O) groups is 3. The number of β-amino-alcohol motifs (C(OH)–C–C–N with tert-alkyl or cyclic N) is 1. The maximum Gasteiger partial charge on any atom is 0.407 e. The van der Waals surface area contributed by atoms with E-state index in [0.29, 0.717) is 23.7 Å². The zero-order valence-corrected chi connectivity index (χ0v) is 22.6. The number of aliphatic hydroxyl groups is 2. The number of amides is 2. The van der Waals surface area contributed by atoms with Gasteiger partial charge in [0.1, 0.15) is 11.2 Å². The van der Waals surface area contributed by atoms with Crippen molar-refractivity contribution in [3.8, 4) is 0 Å². The lowest BCUT2D eigenvalue weighted by molar-refractivity contribution is -0.130. The van der Waals surface area contributed by atoms with Gasteiger partial charge in [0.15, 0.2) is 11.9 Å². The number of anilines is 1. The van der Waals surface area contributed by atoms with Gasteiger partial charge in [-0.2, -0.15) is 0 Å². The summed E-state index contributed by atoms with van der Waals surface area (Å²) >= 11 is 0. The Balaban J connectivity index is 1.35. The molecule has 1 saturated carbocycles. The Bertz CT molecular complexity index is 1190. The molecule has 0 spiro atoms. The van der Waals surface area contributed by atoms with Crippen LogP contribution in [0, 0.1) is 5.92 Å². The maximum atomic E-state index is 13.3. The van der Waals surface area contributed by atoms with E-state index in [1.165, 1.54) is 17.4 Å². The van der Waals surface area contributed by atoms with Crippen molar-refractivity contribution < 1.29 is 29.3 Å². The number of aliphatic hydroxyl groups excluding tert-OH is 1. The van der Waals surface area contributed by atoms with E-state index in [4.69, 9.17) is 4.74 Å². The van der Waals surface area contributed by atoms with Gasteiger partial charge in [0, 0.05) is 23.7 Å². The van der Waals surface area contributed by atoms with Gasteiger partial charge in [-0.25, -0.2) is 4.79 Å². The summed E-state index contributed by atoms with van der Waals surface area (Å²) in [5.41, 5.74) is 1.18. The monoisotopic (exact) mass is 522 g/mol. The summed E-state index contributed by atoms with van der Waals surface area (Å²) < 4.78 is 5.31. The largest absolute Gasteiger partial charge is 0.444 e. The molecular formula is C30H38N2O6. The number of hydrogen-bond donors (Lipinski definition) is 3. The number of ketones is 1. The minimum atomic E-state index is -1.53. The number of hydrogen-bond acceptors (Lipinski definition) is 6. The fourth-order valence-electron chi connectivity index (χ4n) is 5.31. The van der Waals surface area contributed by atoms with Crippen molar-refractivity contribution in [1.29, 1.82) is 0 Å². The molecule has 1 aliphatic carbocycles. The fourth-order valence-corrected chi connectivity index (χ4v) is 5.31. The van der Waals surface area contributed by atoms with Gasteiger partial charge in [-0.05, 0) is 82.6 Å². The molecule has 2 aliphatic rings. The van der Waals surface area contributed by atoms with Gasteiger partial charge in [-0.15, -0.1) is 0 Å². The minimum absolute atomic E-state index is 0.0257. The van der Waals surface area contributed by atoms with Gasteiger partial charge in [0.05, 0.1) is 6.54 Å². The zero-order valence-electron chi connectivity index (χ0n) is 22.6. The summed E-state index contributed by atoms with van der Waals surface area (Å²) in [6.45, 7) is 7.28. The third kappa shape index (κ3) is 6.42. The number of rotatable bonds is 6. The molecule has 204 valence electrons. The highest BCUT2D eigenvalue weighted by molar-refractivity contribution is 6.03. The van der Waals surface area contributed by atoms with Crippen molar-refractivity contribution in [2.45, 2.75) is 83.1 Å². The second kappa shape index (κ2) is 10.9. The molecule has 1 aliphatic heterocycles. The van der Waals surface area contributed by atoms with E-state index >= 15 is 0 Å². The Labute approximate surface area is 224 Å². The zero-order chi connectivity index (χ0) is 27.7. The van der Waals surface area contributed by atoms with Gasteiger partial charge in [-0.1, -0.05) is 36.4 Å². The normalized spacial score (nSPS) is 25.8. The summed E-state index contributed by atoms with van der Waals surface area (Å²) in [7, 11) is 0. The van der Waals surface area contributed by atoms with Crippen molar-refractivity contribution >= 4 is 23.5 Å². The first-order valence-electron chi connectivity index (χ1n) is 13.3. The van der Waals surface area contributed by atoms with Crippen LogP contribution in [0.15, 0.2) is 48.5 Å². The van der Waals surface area contributed by atoms with Crippen LogP contribution < -0.4 is 10.2 Å². The third-order valence-corrected chi connectivity index (χ3v) is 7.37. The van der Waals surface area contributed by atoms with Crippen LogP contribution in [0.3, 0.4) is 0 Å². The summed E-state index contributed by atoms with van der Waals surface area (Å²) in [4.78, 5) is 39.1. The van der Waals surface area contributed by atoms with Gasteiger partial charge in [0.25, 0.3) is 5.91 Å². The van der Waals surface area contributed by atoms with Crippen LogP contribution in [0.2, 0.25) is 0 Å². The molecule has 0 unspecified atom stereocenters. The molecule has 0 radical (unpaired) electrons. The summed E-state index contributed by atoms with van der Waals surface area (Å²) in [5.74, 6) is -0.262. The van der Waals surface area contributed by atoms with Crippen molar-refractivity contribution in [3.05, 3.63) is 65.2 Å². The predicted molar refractivity (Wildman–Crippen MR) is 144 cm³/mol. The molecule has 8 heteroatoms. The van der Waals surface area contributed by atoms with Crippen LogP contribution in [-0.2, 0) is 16.1 Å². The number of benzene rings is 2. The molecule has 38 heavy (non-hydrogen) atoms. The first-order valence-corrected chi connectivity index (χ1v) is 13.3. The van der Waals surface area contributed by atoms with Gasteiger partial charge >= 0.3 is 6.09 Å². The minimum Gasteiger partial charge on any atom is -0.444 e. The Morgan fingerprint density at radius 3 is 2.39 bits per heavy atom. The Morgan fingerprint density at radius 1 is 1.08 bits per heavy atom. The smallest absolute Gasteiger partial charge is 0.407 e. The maximum absolute atomic E-state index is 13.3. The van der Waals surface area contributed by atoms with Crippen molar-refractivity contribution in [2.24, 2.45) is 5.92 Å². The molecule has 2 amide bonds. The van der Waals surface area contributed by atoms with Crippen molar-refractivity contribution in [1.82, 2.24) is 5.32 Å². The van der Waals surface area contributed by atoms with E-state index in [1.54, 1.807) is 24.3 Å². The average Bonchev–Trinajstić information content (AvgIpc) is 3.09. The van der Waals surface area contributed by atoms with E-state index in [-0.39, 0.29) is 18.2 Å². The van der Waals surface area contributed by atoms with E-state index in [9.17, 15) is 24.6 Å². The molecule has 2 aromatic carbocycles. The number of nitrogens with one attached hydrogen (secondary N) is 1. The summed E-state index contributed by atoms with van der Waals surface area (Å²) in [6, 6.07) is 15.1. The second-order valence-corrected chi connectivity index (χ2v) is 11.7. The Morgan fingerprint density at radius 2 is 1.76 bits per heavy atom. The predicted octanol–water partition coefficient (Wildman–Crippen LogP) is 4.33. The Hall–Kier alpha value is -3.23. The standard InChI is InChI=1S/C30H38N2O6/c1-29(2,3)38-28(36)31-17-19-7-5-8-22(15-19)20-11-13-21(14-12-20)25(33)23-9-6-10-24(16-23)32-18-30(4,37)26(34)27(32)35/h5-10,15-16,20-21,26,34,37H,11-14,17-18H2,1-4H3,(H,31,36)/t20?,21?,26-,30+/m1/s1. The SMILES string of the molecule is CC(C)(C)OC(=O)NCc1cccc(C2CCC(C(=O)c3cccc(N4C[C@](C)(O)[C@H](O)C4=O)c3)CC2)c1. The van der Waals surface area contributed by atoms with Crippen molar-refractivity contribution in [3.63, 3.8) is 0 Å². The Kier molecular flexibility index (Phi) is 7.95. The summed E-state index contributed by atoms with van der Waals surface area (Å²) in [5, 5.41) is 23.1. The van der Waals surface area contributed by atoms with Crippen LogP contribution in [0.1, 0.15) is 80.8 Å². The number of ether oxygens (including phenoxy) is 1. The number of Topliss-reactive ketones (excluding diaryl/α,β-unsaturated/α-hetero) is 1. The lowest BCUT2D eigenvalue weighted by atomic mass is 9.76. The second-order valence-electron chi connectivity index (χ2n) is 11.7. The van der Waals surface area contributed by atoms with E-state index in [0.717, 1.165) is 31.2 Å². The lowest BCUT2D eigenvalue weighted by Crippen LogP contribution is -2.39. The molecule has 0 aromatic heterocycles. The van der Waals surface area contributed by atoms with Gasteiger partial charge in [0.2, 0.25) is 0 Å². The highest BCUT2D eigenvalue weighted by atomic mass is 16.6. The molecule has 4 rings (SSSR count). The lowest BCUT2D eigenvalue weighted by Gasteiger charge is -2.28. The molecule has 1 saturated heterocycles. The average molecular weight is 523 g/mol. The number of carbonyl (C=O) groups excluding carboxylic acids is 3. The van der Waals surface area contributed by atoms with Crippen LogP contribution in [0.4, 0.5) is 10.5 Å². The first kappa shape index (κ1) is 27.8. The third-order valence-electron chi connectivity index (χ3n) is 7.37. The van der Waals surface area contributed by atoms with E-state index < -0.39 is 29.3 Å². The molecule has 2 atom stereocenters. The van der Waals surface area contributed by atoms with Crippen molar-refractivity contribution in [2.75, 3.05) is 11.4 Å². The number of alkyl carbamates (subject to hydrolysis) is 1. The topological polar surface area (TPSA) is 116 Å². The number of nitrogens with zero attached hydrogens (tertiary/aromatic N) is 1. The fraction of sp³-hybridized carbons (Fsp3) is 0.500. The first-order chi connectivity index (χ1) is 17.8. The van der Waals surface area contributed by atoms with Gasteiger partial charge < -0.3 is 25.2 Å². The molecule has 2 aromatic rings. The molecule has 8 nitrogen and oxygen atoms in total.